The molecule has 0 fully saturated rings. The predicted octanol–water partition coefficient (Wildman–Crippen LogP) is 2.10. The highest BCUT2D eigenvalue weighted by Crippen LogP contribution is 2.26. The molecule has 0 aliphatic heterocycles. The van der Waals surface area contributed by atoms with Gasteiger partial charge in [0.15, 0.2) is 6.10 Å². The van der Waals surface area contributed by atoms with Gasteiger partial charge in [-0.15, -0.1) is 0 Å². The van der Waals surface area contributed by atoms with Crippen LogP contribution in [-0.2, 0) is 17.6 Å². The minimum atomic E-state index is -0.503. The van der Waals surface area contributed by atoms with Crippen LogP contribution in [0.1, 0.15) is 43.7 Å². The van der Waals surface area contributed by atoms with Crippen LogP contribution in [-0.4, -0.2) is 12.0 Å². The van der Waals surface area contributed by atoms with Crippen molar-refractivity contribution in [1.29, 1.82) is 0 Å². The van der Waals surface area contributed by atoms with Crippen molar-refractivity contribution < 1.29 is 9.53 Å². The van der Waals surface area contributed by atoms with E-state index in [1.807, 2.05) is 13.0 Å². The van der Waals surface area contributed by atoms with E-state index in [2.05, 4.69) is 17.6 Å². The molecule has 0 saturated heterocycles. The first-order valence-corrected chi connectivity index (χ1v) is 7.03. The zero-order valence-electron chi connectivity index (χ0n) is 11.4. The fraction of sp³-hybridized carbons (Fsp3) is 0.533. The molecule has 4 heteroatoms. The first-order valence-electron chi connectivity index (χ1n) is 7.03. The van der Waals surface area contributed by atoms with Crippen molar-refractivity contribution in [3.63, 3.8) is 0 Å². The number of rotatable bonds is 5. The van der Waals surface area contributed by atoms with E-state index in [9.17, 15) is 4.79 Å². The highest BCUT2D eigenvalue weighted by atomic mass is 16.5. The number of amides is 1. The van der Waals surface area contributed by atoms with Crippen molar-refractivity contribution in [3.05, 3.63) is 29.3 Å². The number of nitrogens with two attached hydrogens (primary N) is 1. The summed E-state index contributed by atoms with van der Waals surface area (Å²) in [6.07, 6.45) is 5.80. The number of ether oxygens (including phenoxy) is 1. The Kier molecular flexibility index (Phi) is 4.80. The standard InChI is InChI=1S/C15H22N2O2/c1-2-5-14(15(18)17-16)19-13-9-8-11-6-3-4-7-12(11)10-13/h8-10,14H,2-7,16H2,1H3,(H,17,18). The Morgan fingerprint density at radius 2 is 2.11 bits per heavy atom. The van der Waals surface area contributed by atoms with Crippen molar-refractivity contribution >= 4 is 5.91 Å². The van der Waals surface area contributed by atoms with Gasteiger partial charge in [0.25, 0.3) is 5.91 Å². The number of hydrogen-bond donors (Lipinski definition) is 2. The van der Waals surface area contributed by atoms with Crippen molar-refractivity contribution in [3.8, 4) is 5.75 Å². The Bertz CT molecular complexity index is 446. The number of hydrogen-bond acceptors (Lipinski definition) is 3. The Morgan fingerprint density at radius 3 is 2.79 bits per heavy atom. The van der Waals surface area contributed by atoms with Gasteiger partial charge in [0, 0.05) is 0 Å². The van der Waals surface area contributed by atoms with E-state index >= 15 is 0 Å². The van der Waals surface area contributed by atoms with Gasteiger partial charge in [0.2, 0.25) is 0 Å². The summed E-state index contributed by atoms with van der Waals surface area (Å²) in [6, 6.07) is 6.14. The van der Waals surface area contributed by atoms with Gasteiger partial charge in [-0.25, -0.2) is 5.84 Å². The topological polar surface area (TPSA) is 64.3 Å². The number of carbonyl (C=O) groups excluding carboxylic acids is 1. The molecule has 3 N–H and O–H groups in total. The number of benzene rings is 1. The molecule has 1 aliphatic carbocycles. The molecule has 1 amide bonds. The van der Waals surface area contributed by atoms with E-state index in [0.29, 0.717) is 6.42 Å². The highest BCUT2D eigenvalue weighted by molar-refractivity contribution is 5.80. The van der Waals surface area contributed by atoms with Gasteiger partial charge in [0.1, 0.15) is 5.75 Å². The summed E-state index contributed by atoms with van der Waals surface area (Å²) < 4.78 is 5.78. The van der Waals surface area contributed by atoms with Crippen LogP contribution in [0.2, 0.25) is 0 Å². The minimum absolute atomic E-state index is 0.264. The molecule has 1 aromatic carbocycles. The van der Waals surface area contributed by atoms with Crippen molar-refractivity contribution in [2.45, 2.75) is 51.6 Å². The lowest BCUT2D eigenvalue weighted by molar-refractivity contribution is -0.128. The second kappa shape index (κ2) is 6.57. The molecule has 0 saturated carbocycles. The van der Waals surface area contributed by atoms with Crippen LogP contribution in [0.4, 0.5) is 0 Å². The molecule has 0 radical (unpaired) electrons. The fourth-order valence-corrected chi connectivity index (χ4v) is 2.55. The fourth-order valence-electron chi connectivity index (χ4n) is 2.55. The number of aryl methyl sites for hydroxylation is 2. The van der Waals surface area contributed by atoms with Gasteiger partial charge in [-0.3, -0.25) is 10.2 Å². The molecular weight excluding hydrogens is 240 g/mol. The van der Waals surface area contributed by atoms with Gasteiger partial charge >= 0.3 is 0 Å². The Morgan fingerprint density at radius 1 is 1.37 bits per heavy atom. The zero-order chi connectivity index (χ0) is 13.7. The van der Waals surface area contributed by atoms with Crippen LogP contribution in [0.3, 0.4) is 0 Å². The quantitative estimate of drug-likeness (QED) is 0.485. The van der Waals surface area contributed by atoms with E-state index in [1.165, 1.54) is 24.0 Å². The lowest BCUT2D eigenvalue weighted by Crippen LogP contribution is -2.42. The normalized spacial score (nSPS) is 15.5. The summed E-state index contributed by atoms with van der Waals surface area (Å²) in [5, 5.41) is 0. The zero-order valence-corrected chi connectivity index (χ0v) is 11.4. The summed E-state index contributed by atoms with van der Waals surface area (Å²) in [5.41, 5.74) is 4.93. The van der Waals surface area contributed by atoms with Crippen molar-refractivity contribution in [2.75, 3.05) is 0 Å². The second-order valence-corrected chi connectivity index (χ2v) is 5.04. The summed E-state index contributed by atoms with van der Waals surface area (Å²) in [6.45, 7) is 2.02. The molecule has 0 bridgehead atoms. The molecule has 1 aliphatic rings. The summed E-state index contributed by atoms with van der Waals surface area (Å²) in [7, 11) is 0. The molecule has 0 heterocycles. The summed E-state index contributed by atoms with van der Waals surface area (Å²) >= 11 is 0. The van der Waals surface area contributed by atoms with Gasteiger partial charge in [0.05, 0.1) is 0 Å². The molecule has 1 atom stereocenters. The van der Waals surface area contributed by atoms with Gasteiger partial charge < -0.3 is 4.74 Å². The van der Waals surface area contributed by atoms with Crippen LogP contribution in [0.25, 0.3) is 0 Å². The van der Waals surface area contributed by atoms with E-state index in [4.69, 9.17) is 10.6 Å². The number of nitrogens with one attached hydrogen (secondary N) is 1. The average molecular weight is 262 g/mol. The third-order valence-electron chi connectivity index (χ3n) is 3.58. The van der Waals surface area contributed by atoms with E-state index in [-0.39, 0.29) is 5.91 Å². The lowest BCUT2D eigenvalue weighted by Gasteiger charge is -2.20. The average Bonchev–Trinajstić information content (AvgIpc) is 2.46. The van der Waals surface area contributed by atoms with Gasteiger partial charge in [-0.1, -0.05) is 19.4 Å². The molecule has 2 rings (SSSR count). The molecule has 1 aromatic rings. The van der Waals surface area contributed by atoms with E-state index in [1.54, 1.807) is 0 Å². The van der Waals surface area contributed by atoms with Crippen LogP contribution in [0.15, 0.2) is 18.2 Å². The minimum Gasteiger partial charge on any atom is -0.481 e. The van der Waals surface area contributed by atoms with Crippen LogP contribution in [0.5, 0.6) is 5.75 Å². The van der Waals surface area contributed by atoms with E-state index < -0.39 is 6.10 Å². The van der Waals surface area contributed by atoms with Gasteiger partial charge in [-0.05, 0) is 55.4 Å². The molecule has 0 aromatic heterocycles. The summed E-state index contributed by atoms with van der Waals surface area (Å²) in [5.74, 6) is 5.69. The SMILES string of the molecule is CCCC(Oc1ccc2c(c1)CCCC2)C(=O)NN. The van der Waals surface area contributed by atoms with Crippen molar-refractivity contribution in [1.82, 2.24) is 5.43 Å². The smallest absolute Gasteiger partial charge is 0.274 e. The maximum Gasteiger partial charge on any atom is 0.274 e. The maximum atomic E-state index is 11.6. The molecule has 4 nitrogen and oxygen atoms in total. The first kappa shape index (κ1) is 13.9. The Hall–Kier alpha value is -1.55. The lowest BCUT2D eigenvalue weighted by atomic mass is 9.92. The second-order valence-electron chi connectivity index (χ2n) is 5.04. The molecule has 1 unspecified atom stereocenters. The molecular formula is C15H22N2O2. The third kappa shape index (κ3) is 3.47. The molecule has 19 heavy (non-hydrogen) atoms. The Balaban J connectivity index is 2.10. The van der Waals surface area contributed by atoms with Crippen LogP contribution >= 0.6 is 0 Å². The number of fused-ring (bicyclic) bond motifs is 1. The highest BCUT2D eigenvalue weighted by Gasteiger charge is 2.19. The predicted molar refractivity (Wildman–Crippen MR) is 74.7 cm³/mol. The molecule has 0 spiro atoms. The largest absolute Gasteiger partial charge is 0.481 e. The van der Waals surface area contributed by atoms with E-state index in [0.717, 1.165) is 25.0 Å². The number of hydrazine groups is 1. The first-order chi connectivity index (χ1) is 9.24. The third-order valence-corrected chi connectivity index (χ3v) is 3.58. The van der Waals surface area contributed by atoms with Gasteiger partial charge in [-0.2, -0.15) is 0 Å². The Labute approximate surface area is 114 Å². The monoisotopic (exact) mass is 262 g/mol. The number of carbonyl (C=O) groups is 1. The van der Waals surface area contributed by atoms with Crippen LogP contribution < -0.4 is 16.0 Å². The molecule has 104 valence electrons. The van der Waals surface area contributed by atoms with Crippen LogP contribution in [0, 0.1) is 0 Å². The maximum absolute atomic E-state index is 11.6. The van der Waals surface area contributed by atoms with Crippen molar-refractivity contribution in [2.24, 2.45) is 5.84 Å². The summed E-state index contributed by atoms with van der Waals surface area (Å²) in [4.78, 5) is 11.6.